The first kappa shape index (κ1) is 50.9. The van der Waals surface area contributed by atoms with Gasteiger partial charge in [-0.1, -0.05) is 147 Å². The van der Waals surface area contributed by atoms with Crippen LogP contribution in [0.1, 0.15) is 20.3 Å². The van der Waals surface area contributed by atoms with Gasteiger partial charge >= 0.3 is 86.4 Å². The molecule has 19 heteroatoms. The van der Waals surface area contributed by atoms with Crippen molar-refractivity contribution in [3.63, 3.8) is 0 Å². The number of benzene rings is 4. The van der Waals surface area contributed by atoms with Gasteiger partial charge in [-0.15, -0.1) is 0 Å². The van der Waals surface area contributed by atoms with Gasteiger partial charge in [0.15, 0.2) is 0 Å². The van der Waals surface area contributed by atoms with Gasteiger partial charge < -0.3 is 0 Å². The van der Waals surface area contributed by atoms with Crippen molar-refractivity contribution in [1.29, 1.82) is 0 Å². The molecule has 2 aromatic heterocycles. The molecule has 0 aliphatic heterocycles. The third-order valence-electron chi connectivity index (χ3n) is 7.29. The summed E-state index contributed by atoms with van der Waals surface area (Å²) in [6, 6.07) is 56.1. The molecule has 0 aliphatic rings. The van der Waals surface area contributed by atoms with Crippen molar-refractivity contribution in [1.82, 2.24) is 9.97 Å². The predicted octanol–water partition coefficient (Wildman–Crippen LogP) is 15.3. The van der Waals surface area contributed by atoms with Crippen LogP contribution in [0.3, 0.4) is 0 Å². The second kappa shape index (κ2) is 19.4. The Morgan fingerprint density at radius 2 is 0.586 bits per heavy atom. The zero-order chi connectivity index (χ0) is 42.5. The third kappa shape index (κ3) is 24.0. The van der Waals surface area contributed by atoms with E-state index in [4.69, 9.17) is 0 Å². The summed E-state index contributed by atoms with van der Waals surface area (Å²) in [5.41, 5.74) is 3.04. The summed E-state index contributed by atoms with van der Waals surface area (Å²) in [4.78, 5) is 8.37. The molecular formula is C39H38F12N2P4Pd. The number of rotatable bonds is 9. The Bertz CT molecular complexity index is 1820. The molecular weight excluding hydrogens is 955 g/mol. The molecule has 0 N–H and O–H groups in total. The summed E-state index contributed by atoms with van der Waals surface area (Å²) in [6.45, 7) is 4.93. The monoisotopic (exact) mass is 992 g/mol. The van der Waals surface area contributed by atoms with E-state index in [0.29, 0.717) is 11.3 Å². The largest absolute Gasteiger partial charge is 2.00 e. The molecule has 0 fully saturated rings. The molecule has 6 aromatic rings. The van der Waals surface area contributed by atoms with E-state index in [-0.39, 0.29) is 20.4 Å². The fraction of sp³-hybridized carbons (Fsp3) is 0.128. The molecule has 0 saturated heterocycles. The van der Waals surface area contributed by atoms with Crippen LogP contribution in [0.25, 0.3) is 11.4 Å². The van der Waals surface area contributed by atoms with E-state index in [1.807, 2.05) is 36.4 Å². The molecule has 2 nitrogen and oxygen atoms in total. The maximum absolute atomic E-state index is 10.7. The van der Waals surface area contributed by atoms with E-state index in [1.165, 1.54) is 27.6 Å². The van der Waals surface area contributed by atoms with Gasteiger partial charge in [0.05, 0.1) is 11.4 Å². The number of aromatic nitrogens is 2. The Morgan fingerprint density at radius 3 is 0.776 bits per heavy atom. The average molecular weight is 993 g/mol. The van der Waals surface area contributed by atoms with Crippen LogP contribution in [0.2, 0.25) is 0 Å². The molecule has 0 spiro atoms. The van der Waals surface area contributed by atoms with Crippen LogP contribution in [0.5, 0.6) is 0 Å². The van der Waals surface area contributed by atoms with Gasteiger partial charge in [-0.3, -0.25) is 9.97 Å². The van der Waals surface area contributed by atoms with Crippen molar-refractivity contribution in [2.45, 2.75) is 31.6 Å². The molecule has 58 heavy (non-hydrogen) atoms. The van der Waals surface area contributed by atoms with Gasteiger partial charge in [0.2, 0.25) is 0 Å². The standard InChI is InChI=1S/C29H30P2.C10H8N2.2F6P.Pd/c1-24(30(26-15-7-3-8-16-26)27-17-9-4-10-18-27)23-25(2)31(28-19-11-5-12-20-28)29-21-13-6-14-22-29;1-3-7-11-9(5-1)10-6-2-4-8-12-10;2*1-7(2,3,4,5)6;/h3-22,24-25H,23H2,1-2H3;1-8H;;;/q;;2*-1;+2/t24-,25+;;;;. The van der Waals surface area contributed by atoms with Crippen LogP contribution in [0.4, 0.5) is 50.4 Å². The zero-order valence-corrected chi connectivity index (χ0v) is 35.7. The van der Waals surface area contributed by atoms with E-state index in [0.717, 1.165) is 11.4 Å². The number of pyridine rings is 2. The molecule has 6 rings (SSSR count). The molecule has 0 unspecified atom stereocenters. The van der Waals surface area contributed by atoms with Gasteiger partial charge in [0, 0.05) is 12.4 Å². The van der Waals surface area contributed by atoms with Crippen molar-refractivity contribution in [2.24, 2.45) is 0 Å². The average Bonchev–Trinajstić information content (AvgIpc) is 3.12. The fourth-order valence-corrected chi connectivity index (χ4v) is 11.2. The SMILES string of the molecule is C[C@H](C[C@H](C)P(c1ccccc1)c1ccccc1)P(c1ccccc1)c1ccccc1.F[P-](F)(F)(F)(F)F.F[P-](F)(F)(F)(F)F.[Pd+2].c1ccc(-c2ccccn2)nc1. The van der Waals surface area contributed by atoms with Gasteiger partial charge in [0.25, 0.3) is 0 Å². The summed E-state index contributed by atoms with van der Waals surface area (Å²) in [5.74, 6) is 0. The maximum atomic E-state index is 9.87. The molecule has 0 bridgehead atoms. The Hall–Kier alpha value is -3.28. The first-order valence-corrected chi connectivity index (χ1v) is 23.7. The third-order valence-corrected chi connectivity index (χ3v) is 12.9. The Labute approximate surface area is 345 Å². The van der Waals surface area contributed by atoms with Crippen molar-refractivity contribution in [3.05, 3.63) is 170 Å². The summed E-state index contributed by atoms with van der Waals surface area (Å²) in [7, 11) is -22.1. The van der Waals surface area contributed by atoms with Crippen LogP contribution >= 0.6 is 31.5 Å². The summed E-state index contributed by atoms with van der Waals surface area (Å²) in [6.07, 6.45) is 4.75. The first-order chi connectivity index (χ1) is 26.1. The minimum atomic E-state index is -10.7. The number of hydrogen-bond donors (Lipinski definition) is 0. The van der Waals surface area contributed by atoms with Crippen molar-refractivity contribution >= 4 is 52.7 Å². The number of nitrogens with zero attached hydrogens (tertiary/aromatic N) is 2. The number of halogens is 12. The molecule has 0 amide bonds. The Morgan fingerprint density at radius 1 is 0.379 bits per heavy atom. The minimum Gasteiger partial charge on any atom is -0.255 e. The van der Waals surface area contributed by atoms with E-state index in [1.54, 1.807) is 12.4 Å². The molecule has 4 aromatic carbocycles. The van der Waals surface area contributed by atoms with Crippen molar-refractivity contribution < 1.29 is 70.8 Å². The van der Waals surface area contributed by atoms with Crippen LogP contribution in [-0.2, 0) is 20.4 Å². The molecule has 0 saturated carbocycles. The summed E-state index contributed by atoms with van der Waals surface area (Å²) >= 11 is 0. The Kier molecular flexibility index (Phi) is 17.0. The zero-order valence-electron chi connectivity index (χ0n) is 30.6. The topological polar surface area (TPSA) is 25.8 Å². The van der Waals surface area contributed by atoms with Crippen LogP contribution < -0.4 is 21.2 Å². The molecule has 2 heterocycles. The predicted molar refractivity (Wildman–Crippen MR) is 216 cm³/mol. The molecule has 318 valence electrons. The quantitative estimate of drug-likeness (QED) is 0.0819. The van der Waals surface area contributed by atoms with Gasteiger partial charge in [-0.05, 0) is 79.1 Å². The molecule has 0 radical (unpaired) electrons. The normalized spacial score (nSPS) is 14.7. The Balaban J connectivity index is 0.000000350. The first-order valence-electron chi connectivity index (χ1n) is 16.8. The van der Waals surface area contributed by atoms with E-state index < -0.39 is 31.5 Å². The van der Waals surface area contributed by atoms with Crippen LogP contribution in [-0.4, -0.2) is 21.3 Å². The van der Waals surface area contributed by atoms with E-state index in [9.17, 15) is 50.4 Å². The number of hydrogen-bond acceptors (Lipinski definition) is 2. The van der Waals surface area contributed by atoms with Crippen molar-refractivity contribution in [2.75, 3.05) is 0 Å². The van der Waals surface area contributed by atoms with Gasteiger partial charge in [-0.25, -0.2) is 0 Å². The summed E-state index contributed by atoms with van der Waals surface area (Å²) < 4.78 is 118. The van der Waals surface area contributed by atoms with Gasteiger partial charge in [-0.2, -0.15) is 0 Å². The second-order valence-electron chi connectivity index (χ2n) is 12.4. The smallest absolute Gasteiger partial charge is 0.255 e. The fourth-order valence-electron chi connectivity index (χ4n) is 5.40. The van der Waals surface area contributed by atoms with Gasteiger partial charge in [0.1, 0.15) is 0 Å². The van der Waals surface area contributed by atoms with Crippen molar-refractivity contribution in [3.8, 4) is 11.4 Å². The maximum Gasteiger partial charge on any atom is 2.00 e. The van der Waals surface area contributed by atoms with Crippen LogP contribution in [0.15, 0.2) is 170 Å². The molecule has 2 atom stereocenters. The van der Waals surface area contributed by atoms with Crippen LogP contribution in [0, 0.1) is 0 Å². The van der Waals surface area contributed by atoms with E-state index in [2.05, 4.69) is 145 Å². The van der Waals surface area contributed by atoms with E-state index >= 15 is 0 Å². The minimum absolute atomic E-state index is 0. The molecule has 0 aliphatic carbocycles. The summed E-state index contributed by atoms with van der Waals surface area (Å²) in [5, 5.41) is 5.92. The second-order valence-corrected chi connectivity index (χ2v) is 21.5.